The first-order chi connectivity index (χ1) is 18.6. The molecule has 4 heterocycles. The Hall–Kier alpha value is -3.42. The van der Waals surface area contributed by atoms with Crippen LogP contribution in [0.5, 0.6) is 0 Å². The third-order valence-corrected chi connectivity index (χ3v) is 7.83. The second-order valence-corrected chi connectivity index (χ2v) is 10.6. The summed E-state index contributed by atoms with van der Waals surface area (Å²) in [4.78, 5) is 14.7. The molecule has 0 bridgehead atoms. The maximum Gasteiger partial charge on any atom is 0.134 e. The minimum atomic E-state index is -0.124. The van der Waals surface area contributed by atoms with Gasteiger partial charge in [0.05, 0.1) is 23.9 Å². The monoisotopic (exact) mass is 510 g/mol. The molecule has 2 N–H and O–H groups in total. The van der Waals surface area contributed by atoms with Gasteiger partial charge in [-0.15, -0.1) is 0 Å². The van der Waals surface area contributed by atoms with Crippen molar-refractivity contribution in [3.8, 4) is 0 Å². The molecule has 38 heavy (non-hydrogen) atoms. The number of ether oxygens (including phenoxy) is 1. The summed E-state index contributed by atoms with van der Waals surface area (Å²) in [5.74, 6) is 0.916. The van der Waals surface area contributed by atoms with Crippen LogP contribution in [0.15, 0.2) is 60.2 Å². The zero-order valence-corrected chi connectivity index (χ0v) is 22.5. The number of pyridine rings is 1. The van der Waals surface area contributed by atoms with E-state index in [1.54, 1.807) is 0 Å². The highest BCUT2D eigenvalue weighted by Crippen LogP contribution is 2.35. The van der Waals surface area contributed by atoms with Gasteiger partial charge >= 0.3 is 0 Å². The molecule has 2 atom stereocenters. The molecular formula is C31H38N6O. The Kier molecular flexibility index (Phi) is 7.04. The molecule has 1 aromatic heterocycles. The summed E-state index contributed by atoms with van der Waals surface area (Å²) in [5.41, 5.74) is 8.09. The van der Waals surface area contributed by atoms with Gasteiger partial charge in [0.25, 0.3) is 0 Å². The average molecular weight is 511 g/mol. The van der Waals surface area contributed by atoms with Gasteiger partial charge in [-0.2, -0.15) is 0 Å². The van der Waals surface area contributed by atoms with E-state index in [4.69, 9.17) is 14.7 Å². The number of nitrogens with one attached hydrogen (secondary N) is 2. The fourth-order valence-corrected chi connectivity index (χ4v) is 5.94. The third kappa shape index (κ3) is 4.88. The van der Waals surface area contributed by atoms with Crippen molar-refractivity contribution >= 4 is 39.4 Å². The molecule has 0 amide bonds. The molecule has 7 nitrogen and oxygen atoms in total. The second-order valence-electron chi connectivity index (χ2n) is 10.6. The summed E-state index contributed by atoms with van der Waals surface area (Å²) in [6.45, 7) is 15.2. The zero-order chi connectivity index (χ0) is 26.1. The number of aromatic nitrogens is 1. The Morgan fingerprint density at radius 1 is 1.11 bits per heavy atom. The normalized spacial score (nSPS) is 21.6. The van der Waals surface area contributed by atoms with E-state index in [1.807, 2.05) is 12.3 Å². The standard InChI is InChI=1S/C31H38N6O/c1-4-6-21(2)25-9-11-28(26-7-5-12-33-30(25)26)37-19-22(3)38-29(20-37)31-34-18-23-17-24(8-10-27(23)35-31)36-15-13-32-14-16-36/h5,7-12,17,22,29,32H,2,4,6,13-16,18-20H2,1,3H3,(H,34,35). The van der Waals surface area contributed by atoms with Crippen LogP contribution >= 0.6 is 0 Å². The first-order valence-corrected chi connectivity index (χ1v) is 14.0. The number of benzene rings is 2. The SMILES string of the molecule is C=C(CCC)c1ccc(N2CC(C)OC(C3=Nc4ccc(N5CCNCC5)cc4CN3)C2)c2cccnc12. The Labute approximate surface area is 225 Å². The number of anilines is 2. The van der Waals surface area contributed by atoms with Gasteiger partial charge in [-0.3, -0.25) is 4.98 Å². The fourth-order valence-electron chi connectivity index (χ4n) is 5.94. The molecule has 3 aliphatic heterocycles. The van der Waals surface area contributed by atoms with Gasteiger partial charge in [-0.25, -0.2) is 4.99 Å². The average Bonchev–Trinajstić information content (AvgIpc) is 2.96. The van der Waals surface area contributed by atoms with Crippen LogP contribution in [0, 0.1) is 0 Å². The topological polar surface area (TPSA) is 65.0 Å². The van der Waals surface area contributed by atoms with E-state index in [1.165, 1.54) is 22.3 Å². The predicted molar refractivity (Wildman–Crippen MR) is 158 cm³/mol. The van der Waals surface area contributed by atoms with Gasteiger partial charge in [0.2, 0.25) is 0 Å². The van der Waals surface area contributed by atoms with Crippen LogP contribution in [-0.2, 0) is 11.3 Å². The van der Waals surface area contributed by atoms with Crippen molar-refractivity contribution in [2.24, 2.45) is 4.99 Å². The number of morpholine rings is 1. The molecule has 0 aliphatic carbocycles. The van der Waals surface area contributed by atoms with Gasteiger partial charge in [0.1, 0.15) is 11.9 Å². The molecule has 3 aliphatic rings. The lowest BCUT2D eigenvalue weighted by molar-refractivity contribution is 0.0188. The summed E-state index contributed by atoms with van der Waals surface area (Å²) in [5, 5.41) is 8.18. The molecular weight excluding hydrogens is 472 g/mol. The van der Waals surface area contributed by atoms with Crippen molar-refractivity contribution in [1.82, 2.24) is 15.6 Å². The van der Waals surface area contributed by atoms with Gasteiger partial charge < -0.3 is 25.2 Å². The van der Waals surface area contributed by atoms with E-state index in [-0.39, 0.29) is 12.2 Å². The Bertz CT molecular complexity index is 1360. The third-order valence-electron chi connectivity index (χ3n) is 7.83. The molecule has 2 saturated heterocycles. The summed E-state index contributed by atoms with van der Waals surface area (Å²) >= 11 is 0. The van der Waals surface area contributed by atoms with Crippen molar-refractivity contribution in [3.05, 3.63) is 66.4 Å². The van der Waals surface area contributed by atoms with Gasteiger partial charge in [-0.05, 0) is 60.9 Å². The van der Waals surface area contributed by atoms with Crippen LogP contribution in [-0.4, -0.2) is 62.3 Å². The largest absolute Gasteiger partial charge is 0.369 e. The van der Waals surface area contributed by atoms with Crippen LogP contribution < -0.4 is 20.4 Å². The van der Waals surface area contributed by atoms with Crippen molar-refractivity contribution < 1.29 is 4.74 Å². The number of aliphatic imine (C=N–C) groups is 1. The van der Waals surface area contributed by atoms with Crippen molar-refractivity contribution in [3.63, 3.8) is 0 Å². The van der Waals surface area contributed by atoms with E-state index in [0.29, 0.717) is 0 Å². The van der Waals surface area contributed by atoms with E-state index in [2.05, 4.69) is 77.3 Å². The van der Waals surface area contributed by atoms with Gasteiger partial charge in [-0.1, -0.05) is 26.0 Å². The number of allylic oxidation sites excluding steroid dienone is 1. The first kappa shape index (κ1) is 24.9. The van der Waals surface area contributed by atoms with E-state index in [0.717, 1.165) is 86.8 Å². The zero-order valence-electron chi connectivity index (χ0n) is 22.5. The van der Waals surface area contributed by atoms with E-state index in [9.17, 15) is 0 Å². The van der Waals surface area contributed by atoms with E-state index < -0.39 is 0 Å². The minimum absolute atomic E-state index is 0.0798. The molecule has 3 aromatic rings. The van der Waals surface area contributed by atoms with Crippen molar-refractivity contribution in [2.75, 3.05) is 49.1 Å². The molecule has 0 radical (unpaired) electrons. The number of amidine groups is 1. The minimum Gasteiger partial charge on any atom is -0.369 e. The van der Waals surface area contributed by atoms with Crippen molar-refractivity contribution in [2.45, 2.75) is 45.4 Å². The van der Waals surface area contributed by atoms with Crippen LogP contribution in [0.25, 0.3) is 16.5 Å². The maximum absolute atomic E-state index is 6.44. The number of rotatable bonds is 6. The number of piperazine rings is 1. The predicted octanol–water partition coefficient (Wildman–Crippen LogP) is 4.88. The van der Waals surface area contributed by atoms with E-state index >= 15 is 0 Å². The lowest BCUT2D eigenvalue weighted by Crippen LogP contribution is -2.53. The summed E-state index contributed by atoms with van der Waals surface area (Å²) < 4.78 is 6.44. The Balaban J connectivity index is 1.26. The highest BCUT2D eigenvalue weighted by molar-refractivity contribution is 5.99. The molecule has 2 unspecified atom stereocenters. The molecule has 0 saturated carbocycles. The molecule has 0 spiro atoms. The maximum atomic E-state index is 6.44. The van der Waals surface area contributed by atoms with Crippen LogP contribution in [0.4, 0.5) is 17.1 Å². The molecule has 2 aromatic carbocycles. The molecule has 6 rings (SSSR count). The van der Waals surface area contributed by atoms with Gasteiger partial charge in [0.15, 0.2) is 0 Å². The number of hydrogen-bond acceptors (Lipinski definition) is 7. The fraction of sp³-hybridized carbons (Fsp3) is 0.419. The Morgan fingerprint density at radius 2 is 1.97 bits per heavy atom. The number of nitrogens with zero attached hydrogens (tertiary/aromatic N) is 4. The highest BCUT2D eigenvalue weighted by atomic mass is 16.5. The lowest BCUT2D eigenvalue weighted by atomic mass is 9.98. The first-order valence-electron chi connectivity index (χ1n) is 14.0. The molecule has 2 fully saturated rings. The van der Waals surface area contributed by atoms with Crippen LogP contribution in [0.3, 0.4) is 0 Å². The Morgan fingerprint density at radius 3 is 2.82 bits per heavy atom. The smallest absolute Gasteiger partial charge is 0.134 e. The van der Waals surface area contributed by atoms with Crippen molar-refractivity contribution in [1.29, 1.82) is 0 Å². The van der Waals surface area contributed by atoms with Crippen LogP contribution in [0.1, 0.15) is 37.8 Å². The quantitative estimate of drug-likeness (QED) is 0.493. The summed E-state index contributed by atoms with van der Waals surface area (Å²) in [6, 6.07) is 15.3. The lowest BCUT2D eigenvalue weighted by Gasteiger charge is -2.40. The summed E-state index contributed by atoms with van der Waals surface area (Å²) in [6.07, 6.45) is 3.89. The number of fused-ring (bicyclic) bond motifs is 2. The van der Waals surface area contributed by atoms with Crippen LogP contribution in [0.2, 0.25) is 0 Å². The number of hydrogen-bond donors (Lipinski definition) is 2. The van der Waals surface area contributed by atoms with Gasteiger partial charge in [0, 0.05) is 67.8 Å². The summed E-state index contributed by atoms with van der Waals surface area (Å²) in [7, 11) is 0. The highest BCUT2D eigenvalue weighted by Gasteiger charge is 2.31. The second kappa shape index (κ2) is 10.8. The molecule has 198 valence electrons. The molecule has 7 heteroatoms.